The van der Waals surface area contributed by atoms with E-state index in [0.29, 0.717) is 22.0 Å². The average molecular weight is 498 g/mol. The van der Waals surface area contributed by atoms with Gasteiger partial charge in [-0.05, 0) is 55.2 Å². The zero-order valence-electron chi connectivity index (χ0n) is 21.1. The molecule has 2 aromatic carbocycles. The molecule has 0 bridgehead atoms. The minimum Gasteiger partial charge on any atom is -0.365 e. The normalized spacial score (nSPS) is 15.5. The van der Waals surface area contributed by atoms with Gasteiger partial charge in [0.25, 0.3) is 11.8 Å². The van der Waals surface area contributed by atoms with E-state index in [1.807, 2.05) is 61.5 Å². The molecule has 0 saturated heterocycles. The average Bonchev–Trinajstić information content (AvgIpc) is 3.20. The number of nitrogens with zero attached hydrogens (tertiary/aromatic N) is 1. The number of para-hydroxylation sites is 1. The Balaban J connectivity index is 1.55. The Morgan fingerprint density at radius 2 is 1.81 bits per heavy atom. The van der Waals surface area contributed by atoms with E-state index in [4.69, 9.17) is 10.7 Å². The second-order valence-corrected chi connectivity index (χ2v) is 11.9. The summed E-state index contributed by atoms with van der Waals surface area (Å²) in [5, 5.41) is 4.36. The lowest BCUT2D eigenvalue weighted by atomic mass is 9.72. The highest BCUT2D eigenvalue weighted by atomic mass is 32.1. The van der Waals surface area contributed by atoms with Crippen molar-refractivity contribution in [2.75, 3.05) is 5.32 Å². The van der Waals surface area contributed by atoms with Gasteiger partial charge in [-0.15, -0.1) is 11.3 Å². The van der Waals surface area contributed by atoms with Crippen LogP contribution in [0.3, 0.4) is 0 Å². The maximum Gasteiger partial charge on any atom is 0.257 e. The van der Waals surface area contributed by atoms with Gasteiger partial charge >= 0.3 is 0 Å². The molecule has 4 aromatic rings. The summed E-state index contributed by atoms with van der Waals surface area (Å²) in [5.74, 6) is -0.235. The minimum absolute atomic E-state index is 0.181. The summed E-state index contributed by atoms with van der Waals surface area (Å²) in [7, 11) is 0. The number of rotatable bonds is 4. The van der Waals surface area contributed by atoms with Crippen LogP contribution in [-0.2, 0) is 12.8 Å². The number of aromatic nitrogens is 1. The number of aryl methyl sites for hydroxylation is 1. The quantitative estimate of drug-likeness (QED) is 0.326. The number of primary amides is 1. The zero-order valence-corrected chi connectivity index (χ0v) is 22.0. The largest absolute Gasteiger partial charge is 0.365 e. The molecule has 36 heavy (non-hydrogen) atoms. The number of thiophene rings is 1. The number of nitrogens with two attached hydrogens (primary N) is 1. The first-order valence-corrected chi connectivity index (χ1v) is 13.2. The Morgan fingerprint density at radius 3 is 2.50 bits per heavy atom. The van der Waals surface area contributed by atoms with Gasteiger partial charge in [0.05, 0.1) is 22.3 Å². The molecule has 1 aliphatic carbocycles. The van der Waals surface area contributed by atoms with Crippen molar-refractivity contribution >= 4 is 39.1 Å². The van der Waals surface area contributed by atoms with Crippen LogP contribution in [0.5, 0.6) is 0 Å². The third kappa shape index (κ3) is 4.53. The van der Waals surface area contributed by atoms with Gasteiger partial charge in [0.2, 0.25) is 0 Å². The highest BCUT2D eigenvalue weighted by Crippen LogP contribution is 2.44. The molecule has 0 saturated carbocycles. The summed E-state index contributed by atoms with van der Waals surface area (Å²) in [4.78, 5) is 32.2. The molecule has 2 aromatic heterocycles. The van der Waals surface area contributed by atoms with Crippen molar-refractivity contribution in [2.24, 2.45) is 17.1 Å². The van der Waals surface area contributed by atoms with Gasteiger partial charge in [-0.2, -0.15) is 0 Å². The van der Waals surface area contributed by atoms with Crippen LogP contribution >= 0.6 is 11.3 Å². The van der Waals surface area contributed by atoms with Crippen LogP contribution < -0.4 is 11.1 Å². The first-order chi connectivity index (χ1) is 17.1. The molecule has 5 rings (SSSR count). The molecule has 1 atom stereocenters. The molecular weight excluding hydrogens is 466 g/mol. The second-order valence-electron chi connectivity index (χ2n) is 10.8. The smallest absolute Gasteiger partial charge is 0.257 e. The number of pyridine rings is 1. The number of fused-ring (bicyclic) bond motifs is 2. The fourth-order valence-electron chi connectivity index (χ4n) is 5.08. The molecule has 5 nitrogen and oxygen atoms in total. The van der Waals surface area contributed by atoms with E-state index in [1.165, 1.54) is 11.3 Å². The summed E-state index contributed by atoms with van der Waals surface area (Å²) < 4.78 is 0. The standard InChI is InChI=1S/C30H31N3O2S/c1-17-9-11-18(12-10-17)24-16-22(20-7-5-6-8-23(20)32-24)28(35)33-29-26(27(31)34)21-14-13-19(30(2,3)4)15-25(21)36-29/h5-12,16,19H,13-15H2,1-4H3,(H2,31,34)(H,33,35)/t19-/m1/s1. The van der Waals surface area contributed by atoms with Gasteiger partial charge in [0, 0.05) is 15.8 Å². The lowest BCUT2D eigenvalue weighted by Gasteiger charge is -2.33. The fourth-order valence-corrected chi connectivity index (χ4v) is 6.41. The predicted octanol–water partition coefficient (Wildman–Crippen LogP) is 6.77. The number of carbonyl (C=O) groups is 2. The van der Waals surface area contributed by atoms with Crippen LogP contribution in [0, 0.1) is 18.3 Å². The highest BCUT2D eigenvalue weighted by Gasteiger charge is 2.33. The van der Waals surface area contributed by atoms with Gasteiger partial charge in [-0.3, -0.25) is 9.59 Å². The molecule has 0 fully saturated rings. The number of carbonyl (C=O) groups excluding carboxylic acids is 2. The number of nitrogens with one attached hydrogen (secondary N) is 1. The molecule has 2 heterocycles. The summed E-state index contributed by atoms with van der Waals surface area (Å²) in [6.07, 6.45) is 2.71. The Morgan fingerprint density at radius 1 is 1.08 bits per heavy atom. The summed E-state index contributed by atoms with van der Waals surface area (Å²) in [6.45, 7) is 8.81. The van der Waals surface area contributed by atoms with Crippen molar-refractivity contribution in [3.8, 4) is 11.3 Å². The maximum absolute atomic E-state index is 13.7. The van der Waals surface area contributed by atoms with E-state index in [9.17, 15) is 9.59 Å². The van der Waals surface area contributed by atoms with Crippen molar-refractivity contribution in [3.05, 3.63) is 81.7 Å². The fraction of sp³-hybridized carbons (Fsp3) is 0.300. The summed E-state index contributed by atoms with van der Waals surface area (Å²) in [6, 6.07) is 17.6. The lowest BCUT2D eigenvalue weighted by molar-refractivity contribution is 0.1000. The minimum atomic E-state index is -0.489. The van der Waals surface area contributed by atoms with E-state index >= 15 is 0 Å². The van der Waals surface area contributed by atoms with Gasteiger partial charge in [0.1, 0.15) is 5.00 Å². The zero-order chi connectivity index (χ0) is 25.6. The van der Waals surface area contributed by atoms with Gasteiger partial charge in [-0.1, -0.05) is 68.8 Å². The lowest BCUT2D eigenvalue weighted by Crippen LogP contribution is -2.27. The molecule has 184 valence electrons. The molecule has 6 heteroatoms. The van der Waals surface area contributed by atoms with Crippen molar-refractivity contribution in [1.29, 1.82) is 0 Å². The van der Waals surface area contributed by atoms with E-state index < -0.39 is 5.91 Å². The molecule has 2 amide bonds. The number of anilines is 1. The van der Waals surface area contributed by atoms with Gasteiger partial charge < -0.3 is 11.1 Å². The molecule has 0 aliphatic heterocycles. The predicted molar refractivity (Wildman–Crippen MR) is 148 cm³/mol. The third-order valence-corrected chi connectivity index (χ3v) is 8.44. The molecule has 0 spiro atoms. The van der Waals surface area contributed by atoms with E-state index in [1.54, 1.807) is 0 Å². The van der Waals surface area contributed by atoms with Crippen LogP contribution in [0.2, 0.25) is 0 Å². The SMILES string of the molecule is Cc1ccc(-c2cc(C(=O)Nc3sc4c(c3C(N)=O)CC[C@@H](C(C)(C)C)C4)c3ccccc3n2)cc1. The maximum atomic E-state index is 13.7. The van der Waals surface area contributed by atoms with Gasteiger partial charge in [-0.25, -0.2) is 4.98 Å². The topological polar surface area (TPSA) is 85.1 Å². The van der Waals surface area contributed by atoms with Crippen molar-refractivity contribution in [3.63, 3.8) is 0 Å². The molecule has 0 radical (unpaired) electrons. The van der Waals surface area contributed by atoms with Crippen molar-refractivity contribution in [2.45, 2.75) is 47.0 Å². The highest BCUT2D eigenvalue weighted by molar-refractivity contribution is 7.17. The van der Waals surface area contributed by atoms with Crippen LogP contribution in [0.1, 0.15) is 63.9 Å². The second kappa shape index (κ2) is 9.17. The van der Waals surface area contributed by atoms with E-state index in [2.05, 4.69) is 26.1 Å². The van der Waals surface area contributed by atoms with Crippen molar-refractivity contribution < 1.29 is 9.59 Å². The van der Waals surface area contributed by atoms with E-state index in [0.717, 1.165) is 57.4 Å². The third-order valence-electron chi connectivity index (χ3n) is 7.27. The van der Waals surface area contributed by atoms with Crippen LogP contribution in [0.15, 0.2) is 54.6 Å². The molecule has 0 unspecified atom stereocenters. The number of amides is 2. The van der Waals surface area contributed by atoms with Crippen molar-refractivity contribution in [1.82, 2.24) is 4.98 Å². The number of hydrogen-bond acceptors (Lipinski definition) is 4. The van der Waals surface area contributed by atoms with E-state index in [-0.39, 0.29) is 11.3 Å². The number of benzene rings is 2. The summed E-state index contributed by atoms with van der Waals surface area (Å²) in [5.41, 5.74) is 11.6. The summed E-state index contributed by atoms with van der Waals surface area (Å²) >= 11 is 1.49. The Labute approximate surface area is 215 Å². The van der Waals surface area contributed by atoms with Crippen LogP contribution in [-0.4, -0.2) is 16.8 Å². The number of hydrogen-bond donors (Lipinski definition) is 2. The molecule has 3 N–H and O–H groups in total. The van der Waals surface area contributed by atoms with Gasteiger partial charge in [0.15, 0.2) is 0 Å². The van der Waals surface area contributed by atoms with Crippen LogP contribution in [0.25, 0.3) is 22.2 Å². The Kier molecular flexibility index (Phi) is 6.17. The monoisotopic (exact) mass is 497 g/mol. The Bertz CT molecular complexity index is 1480. The van der Waals surface area contributed by atoms with Crippen LogP contribution in [0.4, 0.5) is 5.00 Å². The first-order valence-electron chi connectivity index (χ1n) is 12.3. The molecular formula is C30H31N3O2S. The first kappa shape index (κ1) is 24.2. The Hall–Kier alpha value is -3.51. The molecule has 1 aliphatic rings.